The molecule has 2 rings (SSSR count). The molecule has 0 aromatic heterocycles. The fourth-order valence-electron chi connectivity index (χ4n) is 2.93. The van der Waals surface area contributed by atoms with E-state index in [1.54, 1.807) is 7.11 Å². The zero-order valence-corrected chi connectivity index (χ0v) is 17.3. The highest BCUT2D eigenvalue weighted by molar-refractivity contribution is 7.88. The summed E-state index contributed by atoms with van der Waals surface area (Å²) in [7, 11) is -1.45. The Balaban J connectivity index is 1.87. The summed E-state index contributed by atoms with van der Waals surface area (Å²) in [6, 6.07) is 8.13. The van der Waals surface area contributed by atoms with E-state index in [4.69, 9.17) is 4.74 Å². The third-order valence-corrected chi connectivity index (χ3v) is 5.02. The van der Waals surface area contributed by atoms with Crippen molar-refractivity contribution in [1.82, 2.24) is 14.9 Å². The zero-order chi connectivity index (χ0) is 19.7. The van der Waals surface area contributed by atoms with E-state index in [-0.39, 0.29) is 0 Å². The molecule has 0 saturated carbocycles. The van der Waals surface area contributed by atoms with Gasteiger partial charge in [-0.05, 0) is 25.5 Å². The number of nitrogens with zero attached hydrogens (tertiary/aromatic N) is 3. The van der Waals surface area contributed by atoms with Crippen molar-refractivity contribution in [2.75, 3.05) is 64.1 Å². The first-order valence-corrected chi connectivity index (χ1v) is 11.2. The van der Waals surface area contributed by atoms with Gasteiger partial charge in [-0.1, -0.05) is 6.07 Å². The van der Waals surface area contributed by atoms with Crippen molar-refractivity contribution in [3.05, 3.63) is 24.3 Å². The molecule has 2 N–H and O–H groups in total. The van der Waals surface area contributed by atoms with Crippen molar-refractivity contribution in [2.45, 2.75) is 13.3 Å². The van der Waals surface area contributed by atoms with Crippen LogP contribution in [0.1, 0.15) is 13.3 Å². The van der Waals surface area contributed by atoms with Gasteiger partial charge in [0.2, 0.25) is 10.0 Å². The van der Waals surface area contributed by atoms with Gasteiger partial charge in [-0.25, -0.2) is 13.1 Å². The minimum absolute atomic E-state index is 0.408. The fraction of sp³-hybridized carbons (Fsp3) is 0.611. The number of rotatable bonds is 8. The van der Waals surface area contributed by atoms with E-state index in [0.717, 1.165) is 44.4 Å². The van der Waals surface area contributed by atoms with Crippen molar-refractivity contribution in [2.24, 2.45) is 4.99 Å². The predicted molar refractivity (Wildman–Crippen MR) is 110 cm³/mol. The number of benzene rings is 1. The number of methoxy groups -OCH3 is 1. The Kier molecular flexibility index (Phi) is 8.18. The molecule has 1 heterocycles. The van der Waals surface area contributed by atoms with Crippen LogP contribution in [-0.4, -0.2) is 78.5 Å². The maximum atomic E-state index is 11.1. The molecule has 0 atom stereocenters. The number of anilines is 1. The zero-order valence-electron chi connectivity index (χ0n) is 16.4. The predicted octanol–water partition coefficient (Wildman–Crippen LogP) is 0.722. The molecule has 0 radical (unpaired) electrons. The van der Waals surface area contributed by atoms with Crippen molar-refractivity contribution in [3.8, 4) is 5.75 Å². The Hall–Kier alpha value is -2.00. The maximum Gasteiger partial charge on any atom is 0.208 e. The number of nitrogens with one attached hydrogen (secondary N) is 2. The summed E-state index contributed by atoms with van der Waals surface area (Å²) >= 11 is 0. The van der Waals surface area contributed by atoms with Gasteiger partial charge in [0.05, 0.1) is 13.4 Å². The van der Waals surface area contributed by atoms with Gasteiger partial charge in [-0.3, -0.25) is 4.99 Å². The lowest BCUT2D eigenvalue weighted by atomic mass is 10.2. The third kappa shape index (κ3) is 7.26. The topological polar surface area (TPSA) is 86.3 Å². The first-order valence-electron chi connectivity index (χ1n) is 9.30. The molecule has 0 unspecified atom stereocenters. The van der Waals surface area contributed by atoms with Crippen LogP contribution in [0.5, 0.6) is 5.75 Å². The Morgan fingerprint density at radius 2 is 2.00 bits per heavy atom. The first kappa shape index (κ1) is 21.3. The number of hydrogen-bond acceptors (Lipinski definition) is 5. The summed E-state index contributed by atoms with van der Waals surface area (Å²) < 4.78 is 30.0. The quantitative estimate of drug-likeness (QED) is 0.382. The number of aliphatic imine (C=N–C) groups is 1. The standard InChI is InChI=1S/C18H31N5O3S/c1-4-19-18(20-9-6-10-21-27(3,24)25)23-13-11-22(12-14-23)16-7-5-8-17(15-16)26-2/h5,7-8,15,21H,4,6,9-14H2,1-3H3,(H,19,20). The Morgan fingerprint density at radius 1 is 1.26 bits per heavy atom. The monoisotopic (exact) mass is 397 g/mol. The van der Waals surface area contributed by atoms with Crippen LogP contribution in [0, 0.1) is 0 Å². The van der Waals surface area contributed by atoms with Gasteiger partial charge in [0, 0.05) is 57.6 Å². The molecule has 8 nitrogen and oxygen atoms in total. The molecule has 0 aliphatic carbocycles. The van der Waals surface area contributed by atoms with Gasteiger partial charge in [0.1, 0.15) is 5.75 Å². The van der Waals surface area contributed by atoms with E-state index in [2.05, 4.69) is 37.0 Å². The second-order valence-electron chi connectivity index (χ2n) is 6.43. The third-order valence-electron chi connectivity index (χ3n) is 4.29. The Morgan fingerprint density at radius 3 is 2.63 bits per heavy atom. The van der Waals surface area contributed by atoms with Crippen LogP contribution in [0.3, 0.4) is 0 Å². The van der Waals surface area contributed by atoms with Gasteiger partial charge < -0.3 is 19.9 Å². The largest absolute Gasteiger partial charge is 0.497 e. The number of hydrogen-bond donors (Lipinski definition) is 2. The summed E-state index contributed by atoms with van der Waals surface area (Å²) in [4.78, 5) is 9.24. The van der Waals surface area contributed by atoms with Crippen molar-refractivity contribution in [3.63, 3.8) is 0 Å². The number of guanidine groups is 1. The van der Waals surface area contributed by atoms with Gasteiger partial charge in [0.15, 0.2) is 5.96 Å². The van der Waals surface area contributed by atoms with Crippen LogP contribution in [0.25, 0.3) is 0 Å². The fourth-order valence-corrected chi connectivity index (χ4v) is 3.45. The second-order valence-corrected chi connectivity index (χ2v) is 8.26. The van der Waals surface area contributed by atoms with Gasteiger partial charge in [0.25, 0.3) is 0 Å². The Bertz CT molecular complexity index is 715. The van der Waals surface area contributed by atoms with Crippen LogP contribution < -0.4 is 19.7 Å². The van der Waals surface area contributed by atoms with Crippen LogP contribution in [0.4, 0.5) is 5.69 Å². The van der Waals surface area contributed by atoms with Crippen LogP contribution in [-0.2, 0) is 10.0 Å². The molecular formula is C18H31N5O3S. The molecular weight excluding hydrogens is 366 g/mol. The summed E-state index contributed by atoms with van der Waals surface area (Å²) in [5.74, 6) is 1.76. The molecule has 0 spiro atoms. The number of ether oxygens (including phenoxy) is 1. The maximum absolute atomic E-state index is 11.1. The van der Waals surface area contributed by atoms with Crippen molar-refractivity contribution < 1.29 is 13.2 Å². The normalized spacial score (nSPS) is 15.7. The summed E-state index contributed by atoms with van der Waals surface area (Å²) in [5, 5.41) is 3.33. The van der Waals surface area contributed by atoms with E-state index >= 15 is 0 Å². The molecule has 0 amide bonds. The highest BCUT2D eigenvalue weighted by Crippen LogP contribution is 2.22. The van der Waals surface area contributed by atoms with Crippen molar-refractivity contribution in [1.29, 1.82) is 0 Å². The molecule has 1 saturated heterocycles. The van der Waals surface area contributed by atoms with Crippen LogP contribution >= 0.6 is 0 Å². The van der Waals surface area contributed by atoms with E-state index in [1.165, 1.54) is 11.9 Å². The molecule has 1 aromatic rings. The highest BCUT2D eigenvalue weighted by atomic mass is 32.2. The summed E-state index contributed by atoms with van der Waals surface area (Å²) in [6.45, 7) is 7.42. The molecule has 27 heavy (non-hydrogen) atoms. The molecule has 152 valence electrons. The summed E-state index contributed by atoms with van der Waals surface area (Å²) in [5.41, 5.74) is 1.17. The lowest BCUT2D eigenvalue weighted by Gasteiger charge is -2.37. The van der Waals surface area contributed by atoms with Gasteiger partial charge >= 0.3 is 0 Å². The first-order chi connectivity index (χ1) is 12.9. The molecule has 0 bridgehead atoms. The average molecular weight is 398 g/mol. The number of sulfonamides is 1. The SMILES string of the molecule is CCNC(=NCCCNS(C)(=O)=O)N1CCN(c2cccc(OC)c2)CC1. The minimum Gasteiger partial charge on any atom is -0.497 e. The summed E-state index contributed by atoms with van der Waals surface area (Å²) in [6.07, 6.45) is 1.84. The van der Waals surface area contributed by atoms with Crippen molar-refractivity contribution >= 4 is 21.7 Å². The lowest BCUT2D eigenvalue weighted by molar-refractivity contribution is 0.372. The smallest absolute Gasteiger partial charge is 0.208 e. The van der Waals surface area contributed by atoms with E-state index in [0.29, 0.717) is 19.5 Å². The average Bonchev–Trinajstić information content (AvgIpc) is 2.66. The van der Waals surface area contributed by atoms with Gasteiger partial charge in [-0.15, -0.1) is 0 Å². The lowest BCUT2D eigenvalue weighted by Crippen LogP contribution is -2.52. The number of piperazine rings is 1. The van der Waals surface area contributed by atoms with E-state index in [9.17, 15) is 8.42 Å². The van der Waals surface area contributed by atoms with E-state index in [1.807, 2.05) is 19.1 Å². The van der Waals surface area contributed by atoms with Gasteiger partial charge in [-0.2, -0.15) is 0 Å². The molecule has 1 aromatic carbocycles. The van der Waals surface area contributed by atoms with Crippen LogP contribution in [0.2, 0.25) is 0 Å². The highest BCUT2D eigenvalue weighted by Gasteiger charge is 2.20. The van der Waals surface area contributed by atoms with Crippen LogP contribution in [0.15, 0.2) is 29.3 Å². The molecule has 1 aliphatic heterocycles. The molecule has 1 aliphatic rings. The Labute approximate surface area is 162 Å². The molecule has 9 heteroatoms. The minimum atomic E-state index is -3.13. The molecule has 1 fully saturated rings. The van der Waals surface area contributed by atoms with E-state index < -0.39 is 10.0 Å². The second kappa shape index (κ2) is 10.4.